The van der Waals surface area contributed by atoms with Crippen molar-refractivity contribution in [3.8, 4) is 6.07 Å². The molecule has 4 nitrogen and oxygen atoms in total. The molecule has 0 bridgehead atoms. The molecule has 1 aliphatic rings. The van der Waals surface area contributed by atoms with Crippen LogP contribution in [0.2, 0.25) is 0 Å². The second-order valence-electron chi connectivity index (χ2n) is 4.31. The van der Waals surface area contributed by atoms with Gasteiger partial charge < -0.3 is 0 Å². The van der Waals surface area contributed by atoms with Gasteiger partial charge in [0.2, 0.25) is 0 Å². The van der Waals surface area contributed by atoms with E-state index in [1.54, 1.807) is 11.8 Å². The summed E-state index contributed by atoms with van der Waals surface area (Å²) in [6, 6.07) is 2.44. The second kappa shape index (κ2) is 5.34. The monoisotopic (exact) mass is 268 g/mol. The van der Waals surface area contributed by atoms with Gasteiger partial charge in [0.1, 0.15) is 11.4 Å². The van der Waals surface area contributed by atoms with Gasteiger partial charge >= 0.3 is 0 Å². The second-order valence-corrected chi connectivity index (χ2v) is 6.61. The summed E-state index contributed by atoms with van der Waals surface area (Å²) in [6.45, 7) is 4.81. The van der Waals surface area contributed by atoms with Gasteiger partial charge in [-0.25, -0.2) is 4.98 Å². The highest BCUT2D eigenvalue weighted by atomic mass is 32.2. The van der Waals surface area contributed by atoms with Crippen molar-refractivity contribution in [1.29, 1.82) is 5.26 Å². The number of rotatable bonds is 4. The molecule has 2 rings (SSSR count). The SMILES string of the molecule is CCNC1(C#N)CCC(Sc2nc(C)ns2)C1. The first-order valence-electron chi connectivity index (χ1n) is 5.81. The van der Waals surface area contributed by atoms with Crippen LogP contribution in [0.25, 0.3) is 0 Å². The zero-order valence-electron chi connectivity index (χ0n) is 10.1. The van der Waals surface area contributed by atoms with E-state index < -0.39 is 0 Å². The van der Waals surface area contributed by atoms with Gasteiger partial charge in [-0.05, 0) is 44.3 Å². The maximum absolute atomic E-state index is 9.29. The fourth-order valence-corrected chi connectivity index (χ4v) is 4.40. The van der Waals surface area contributed by atoms with Crippen LogP contribution < -0.4 is 5.32 Å². The maximum atomic E-state index is 9.29. The lowest BCUT2D eigenvalue weighted by molar-refractivity contribution is 0.436. The number of nitrogens with zero attached hydrogens (tertiary/aromatic N) is 3. The average molecular weight is 268 g/mol. The number of hydrogen-bond donors (Lipinski definition) is 1. The first-order valence-corrected chi connectivity index (χ1v) is 7.46. The molecule has 1 saturated carbocycles. The Morgan fingerprint density at radius 3 is 3.12 bits per heavy atom. The highest BCUT2D eigenvalue weighted by molar-refractivity contribution is 8.01. The minimum absolute atomic E-state index is 0.313. The Balaban J connectivity index is 1.96. The summed E-state index contributed by atoms with van der Waals surface area (Å²) in [5, 5.41) is 13.1. The summed E-state index contributed by atoms with van der Waals surface area (Å²) in [4.78, 5) is 4.36. The van der Waals surface area contributed by atoms with E-state index in [9.17, 15) is 5.26 Å². The molecule has 6 heteroatoms. The lowest BCUT2D eigenvalue weighted by Crippen LogP contribution is -2.41. The number of nitriles is 1. The molecule has 1 aromatic heterocycles. The van der Waals surface area contributed by atoms with Crippen molar-refractivity contribution in [2.24, 2.45) is 0 Å². The van der Waals surface area contributed by atoms with Crippen molar-refractivity contribution < 1.29 is 0 Å². The Morgan fingerprint density at radius 2 is 2.53 bits per heavy atom. The molecule has 1 N–H and O–H groups in total. The zero-order valence-corrected chi connectivity index (χ0v) is 11.7. The van der Waals surface area contributed by atoms with Crippen LogP contribution in [0.1, 0.15) is 32.0 Å². The van der Waals surface area contributed by atoms with Crippen LogP contribution in [-0.2, 0) is 0 Å². The predicted molar refractivity (Wildman–Crippen MR) is 70.2 cm³/mol. The van der Waals surface area contributed by atoms with Gasteiger partial charge in [-0.1, -0.05) is 18.7 Å². The standard InChI is InChI=1S/C11H16N4S2/c1-3-13-11(7-12)5-4-9(6-11)16-10-14-8(2)15-17-10/h9,13H,3-6H2,1-2H3. The highest BCUT2D eigenvalue weighted by Crippen LogP contribution is 2.40. The van der Waals surface area contributed by atoms with Gasteiger partial charge in [-0.2, -0.15) is 9.64 Å². The molecule has 1 aromatic rings. The van der Waals surface area contributed by atoms with Crippen LogP contribution in [0.15, 0.2) is 4.34 Å². The van der Waals surface area contributed by atoms with Gasteiger partial charge in [0.05, 0.1) is 6.07 Å². The lowest BCUT2D eigenvalue weighted by Gasteiger charge is -2.21. The van der Waals surface area contributed by atoms with Gasteiger partial charge in [0.25, 0.3) is 0 Å². The number of aryl methyl sites for hydroxylation is 1. The third-order valence-electron chi connectivity index (χ3n) is 2.97. The lowest BCUT2D eigenvalue weighted by atomic mass is 10.0. The predicted octanol–water partition coefficient (Wildman–Crippen LogP) is 2.36. The van der Waals surface area contributed by atoms with Crippen LogP contribution >= 0.6 is 23.3 Å². The summed E-state index contributed by atoms with van der Waals surface area (Å²) >= 11 is 3.23. The molecule has 2 unspecified atom stereocenters. The van der Waals surface area contributed by atoms with Crippen molar-refractivity contribution in [2.45, 2.75) is 48.2 Å². The molecule has 2 atom stereocenters. The third-order valence-corrected chi connectivity index (χ3v) is 5.12. The molecular formula is C11H16N4S2. The number of nitrogens with one attached hydrogen (secondary N) is 1. The molecule has 0 aliphatic heterocycles. The first-order chi connectivity index (χ1) is 8.17. The summed E-state index contributed by atoms with van der Waals surface area (Å²) in [5.74, 6) is 0.841. The van der Waals surface area contributed by atoms with Crippen molar-refractivity contribution in [3.63, 3.8) is 0 Å². The average Bonchev–Trinajstić information content (AvgIpc) is 2.88. The van der Waals surface area contributed by atoms with Gasteiger partial charge in [-0.15, -0.1) is 0 Å². The van der Waals surface area contributed by atoms with E-state index in [1.807, 2.05) is 13.8 Å². The first kappa shape index (κ1) is 12.8. The van der Waals surface area contributed by atoms with Crippen molar-refractivity contribution in [2.75, 3.05) is 6.54 Å². The molecule has 1 heterocycles. The molecular weight excluding hydrogens is 252 g/mol. The highest BCUT2D eigenvalue weighted by Gasteiger charge is 2.39. The normalized spacial score (nSPS) is 28.2. The summed E-state index contributed by atoms with van der Waals surface area (Å²) < 4.78 is 5.21. The molecule has 0 saturated heterocycles. The number of aromatic nitrogens is 2. The van der Waals surface area contributed by atoms with Gasteiger partial charge in [-0.3, -0.25) is 5.32 Å². The quantitative estimate of drug-likeness (QED) is 0.908. The van der Waals surface area contributed by atoms with Crippen LogP contribution in [0.3, 0.4) is 0 Å². The Labute approximate surface area is 110 Å². The maximum Gasteiger partial charge on any atom is 0.170 e. The molecule has 1 fully saturated rings. The van der Waals surface area contributed by atoms with E-state index in [0.717, 1.165) is 36.0 Å². The van der Waals surface area contributed by atoms with Crippen molar-refractivity contribution in [3.05, 3.63) is 5.82 Å². The van der Waals surface area contributed by atoms with Gasteiger partial charge in [0, 0.05) is 5.25 Å². The van der Waals surface area contributed by atoms with E-state index in [0.29, 0.717) is 5.25 Å². The van der Waals surface area contributed by atoms with E-state index in [2.05, 4.69) is 20.7 Å². The van der Waals surface area contributed by atoms with Crippen molar-refractivity contribution >= 4 is 23.3 Å². The number of hydrogen-bond acceptors (Lipinski definition) is 6. The van der Waals surface area contributed by atoms with E-state index in [1.165, 1.54) is 11.5 Å². The summed E-state index contributed by atoms with van der Waals surface area (Å²) in [6.07, 6.45) is 2.91. The molecule has 0 spiro atoms. The van der Waals surface area contributed by atoms with Gasteiger partial charge in [0.15, 0.2) is 4.34 Å². The number of thioether (sulfide) groups is 1. The fraction of sp³-hybridized carbons (Fsp3) is 0.727. The molecule has 0 amide bonds. The van der Waals surface area contributed by atoms with Crippen LogP contribution in [0.5, 0.6) is 0 Å². The minimum Gasteiger partial charge on any atom is -0.300 e. The minimum atomic E-state index is -0.313. The van der Waals surface area contributed by atoms with E-state index in [4.69, 9.17) is 0 Å². The largest absolute Gasteiger partial charge is 0.300 e. The molecule has 0 radical (unpaired) electrons. The smallest absolute Gasteiger partial charge is 0.170 e. The summed E-state index contributed by atoms with van der Waals surface area (Å²) in [7, 11) is 0. The van der Waals surface area contributed by atoms with Crippen LogP contribution in [0, 0.1) is 18.3 Å². The van der Waals surface area contributed by atoms with Crippen molar-refractivity contribution in [1.82, 2.24) is 14.7 Å². The third kappa shape index (κ3) is 2.97. The molecule has 1 aliphatic carbocycles. The summed E-state index contributed by atoms with van der Waals surface area (Å²) in [5.41, 5.74) is -0.313. The van der Waals surface area contributed by atoms with E-state index in [-0.39, 0.29) is 5.54 Å². The topological polar surface area (TPSA) is 61.6 Å². The Bertz CT molecular complexity index is 425. The van der Waals surface area contributed by atoms with E-state index >= 15 is 0 Å². The Kier molecular flexibility index (Phi) is 4.02. The molecule has 92 valence electrons. The molecule has 17 heavy (non-hydrogen) atoms. The Hall–Kier alpha value is -0.640. The Morgan fingerprint density at radius 1 is 1.71 bits per heavy atom. The molecule has 0 aromatic carbocycles. The fourth-order valence-electron chi connectivity index (χ4n) is 2.21. The zero-order chi connectivity index (χ0) is 12.3. The van der Waals surface area contributed by atoms with Crippen LogP contribution in [-0.4, -0.2) is 26.7 Å². The van der Waals surface area contributed by atoms with Crippen LogP contribution in [0.4, 0.5) is 0 Å².